The fourth-order valence-corrected chi connectivity index (χ4v) is 2.13. The second kappa shape index (κ2) is 9.17. The molecular formula is C13H29NO. The average molecular weight is 215 g/mol. The lowest BCUT2D eigenvalue weighted by Gasteiger charge is -2.29. The summed E-state index contributed by atoms with van der Waals surface area (Å²) in [5.41, 5.74) is 0.485. The van der Waals surface area contributed by atoms with Crippen molar-refractivity contribution in [3.05, 3.63) is 0 Å². The monoisotopic (exact) mass is 215 g/mol. The van der Waals surface area contributed by atoms with Crippen LogP contribution in [0.3, 0.4) is 0 Å². The van der Waals surface area contributed by atoms with Crippen LogP contribution in [0.25, 0.3) is 0 Å². The molecule has 1 unspecified atom stereocenters. The van der Waals surface area contributed by atoms with Gasteiger partial charge in [0, 0.05) is 20.3 Å². The van der Waals surface area contributed by atoms with Gasteiger partial charge < -0.3 is 10.1 Å². The molecule has 15 heavy (non-hydrogen) atoms. The van der Waals surface area contributed by atoms with E-state index in [-0.39, 0.29) is 0 Å². The lowest BCUT2D eigenvalue weighted by Crippen LogP contribution is -2.31. The van der Waals surface area contributed by atoms with Gasteiger partial charge in [0.2, 0.25) is 0 Å². The van der Waals surface area contributed by atoms with Gasteiger partial charge in [0.05, 0.1) is 0 Å². The number of hydrogen-bond donors (Lipinski definition) is 1. The average Bonchev–Trinajstić information content (AvgIpc) is 2.22. The van der Waals surface area contributed by atoms with Gasteiger partial charge in [-0.1, -0.05) is 33.6 Å². The molecule has 1 N–H and O–H groups in total. The van der Waals surface area contributed by atoms with Crippen LogP contribution >= 0.6 is 0 Å². The highest BCUT2D eigenvalue weighted by atomic mass is 16.5. The molecule has 0 aromatic rings. The van der Waals surface area contributed by atoms with Crippen LogP contribution < -0.4 is 5.32 Å². The molecule has 0 aromatic carbocycles. The van der Waals surface area contributed by atoms with E-state index in [1.54, 1.807) is 7.11 Å². The largest absolute Gasteiger partial charge is 0.385 e. The minimum atomic E-state index is 0.485. The molecule has 0 fully saturated rings. The number of methoxy groups -OCH3 is 1. The first-order valence-corrected chi connectivity index (χ1v) is 6.38. The maximum atomic E-state index is 5.08. The van der Waals surface area contributed by atoms with Gasteiger partial charge in [0.25, 0.3) is 0 Å². The molecule has 0 aliphatic rings. The Hall–Kier alpha value is -0.0800. The quantitative estimate of drug-likeness (QED) is 0.565. The molecule has 0 spiro atoms. The smallest absolute Gasteiger partial charge is 0.0462 e. The van der Waals surface area contributed by atoms with Crippen LogP contribution in [-0.4, -0.2) is 26.8 Å². The summed E-state index contributed by atoms with van der Waals surface area (Å²) in [6, 6.07) is 0. The van der Waals surface area contributed by atoms with E-state index in [9.17, 15) is 0 Å². The van der Waals surface area contributed by atoms with Gasteiger partial charge in [-0.05, 0) is 31.2 Å². The Kier molecular flexibility index (Phi) is 9.12. The topological polar surface area (TPSA) is 21.3 Å². The van der Waals surface area contributed by atoms with Crippen LogP contribution in [0, 0.1) is 5.41 Å². The first-order chi connectivity index (χ1) is 7.18. The molecule has 2 heteroatoms. The standard InChI is InChI=1S/C13H29NO/c1-5-9-13(3,12-14-6-2)10-7-8-11-15-4/h14H,5-12H2,1-4H3. The van der Waals surface area contributed by atoms with E-state index < -0.39 is 0 Å². The molecule has 92 valence electrons. The molecule has 0 rings (SSSR count). The van der Waals surface area contributed by atoms with Crippen molar-refractivity contribution in [1.82, 2.24) is 5.32 Å². The summed E-state index contributed by atoms with van der Waals surface area (Å²) in [6.07, 6.45) is 6.41. The molecule has 0 amide bonds. The molecule has 0 heterocycles. The molecule has 2 nitrogen and oxygen atoms in total. The third-order valence-corrected chi connectivity index (χ3v) is 3.03. The number of unbranched alkanes of at least 4 members (excludes halogenated alkanes) is 1. The van der Waals surface area contributed by atoms with Crippen molar-refractivity contribution in [3.8, 4) is 0 Å². The van der Waals surface area contributed by atoms with E-state index in [1.807, 2.05) is 0 Å². The summed E-state index contributed by atoms with van der Waals surface area (Å²) in [5, 5.41) is 3.48. The van der Waals surface area contributed by atoms with Crippen molar-refractivity contribution >= 4 is 0 Å². The normalized spacial score (nSPS) is 15.2. The van der Waals surface area contributed by atoms with Crippen molar-refractivity contribution in [3.63, 3.8) is 0 Å². The van der Waals surface area contributed by atoms with E-state index in [1.165, 1.54) is 32.1 Å². The second-order valence-corrected chi connectivity index (χ2v) is 4.79. The molecule has 0 aromatic heterocycles. The molecule has 0 bridgehead atoms. The zero-order chi connectivity index (χ0) is 11.6. The summed E-state index contributed by atoms with van der Waals surface area (Å²) >= 11 is 0. The maximum Gasteiger partial charge on any atom is 0.0462 e. The highest BCUT2D eigenvalue weighted by Gasteiger charge is 2.21. The molecule has 1 atom stereocenters. The van der Waals surface area contributed by atoms with Crippen LogP contribution in [0.2, 0.25) is 0 Å². The summed E-state index contributed by atoms with van der Waals surface area (Å²) in [7, 11) is 1.78. The summed E-state index contributed by atoms with van der Waals surface area (Å²) in [4.78, 5) is 0. The Morgan fingerprint density at radius 2 is 1.87 bits per heavy atom. The molecule has 0 aliphatic carbocycles. The van der Waals surface area contributed by atoms with Crippen molar-refractivity contribution in [2.75, 3.05) is 26.8 Å². The summed E-state index contributed by atoms with van der Waals surface area (Å²) < 4.78 is 5.08. The third-order valence-electron chi connectivity index (χ3n) is 3.03. The lowest BCUT2D eigenvalue weighted by molar-refractivity contribution is 0.180. The van der Waals surface area contributed by atoms with E-state index in [0.717, 1.165) is 19.7 Å². The number of nitrogens with one attached hydrogen (secondary N) is 1. The van der Waals surface area contributed by atoms with E-state index in [4.69, 9.17) is 4.74 Å². The van der Waals surface area contributed by atoms with Gasteiger partial charge in [-0.15, -0.1) is 0 Å². The van der Waals surface area contributed by atoms with Crippen molar-refractivity contribution < 1.29 is 4.74 Å². The van der Waals surface area contributed by atoms with Crippen LogP contribution in [0.5, 0.6) is 0 Å². The highest BCUT2D eigenvalue weighted by molar-refractivity contribution is 4.76. The highest BCUT2D eigenvalue weighted by Crippen LogP contribution is 2.28. The minimum Gasteiger partial charge on any atom is -0.385 e. The van der Waals surface area contributed by atoms with Gasteiger partial charge in [-0.2, -0.15) is 0 Å². The molecule has 0 radical (unpaired) electrons. The Labute approximate surface area is 95.8 Å². The third kappa shape index (κ3) is 7.80. The van der Waals surface area contributed by atoms with Crippen LogP contribution in [0.15, 0.2) is 0 Å². The predicted molar refractivity (Wildman–Crippen MR) is 67.3 cm³/mol. The van der Waals surface area contributed by atoms with Gasteiger partial charge in [-0.3, -0.25) is 0 Å². The van der Waals surface area contributed by atoms with E-state index in [0.29, 0.717) is 5.41 Å². The zero-order valence-electron chi connectivity index (χ0n) is 11.1. The number of rotatable bonds is 10. The maximum absolute atomic E-state index is 5.08. The fourth-order valence-electron chi connectivity index (χ4n) is 2.13. The van der Waals surface area contributed by atoms with E-state index >= 15 is 0 Å². The lowest BCUT2D eigenvalue weighted by atomic mass is 9.80. The SMILES string of the molecule is CCCC(C)(CCCCOC)CNCC. The van der Waals surface area contributed by atoms with Gasteiger partial charge in [0.15, 0.2) is 0 Å². The van der Waals surface area contributed by atoms with Crippen molar-refractivity contribution in [2.45, 2.75) is 52.9 Å². The zero-order valence-corrected chi connectivity index (χ0v) is 11.1. The van der Waals surface area contributed by atoms with Gasteiger partial charge in [0.1, 0.15) is 0 Å². The first kappa shape index (κ1) is 14.9. The fraction of sp³-hybridized carbons (Fsp3) is 1.00. The first-order valence-electron chi connectivity index (χ1n) is 6.38. The van der Waals surface area contributed by atoms with Crippen molar-refractivity contribution in [1.29, 1.82) is 0 Å². The van der Waals surface area contributed by atoms with Crippen molar-refractivity contribution in [2.24, 2.45) is 5.41 Å². The Balaban J connectivity index is 3.78. The van der Waals surface area contributed by atoms with Crippen LogP contribution in [-0.2, 0) is 4.74 Å². The predicted octanol–water partition coefficient (Wildman–Crippen LogP) is 3.22. The Morgan fingerprint density at radius 3 is 2.40 bits per heavy atom. The van der Waals surface area contributed by atoms with Crippen LogP contribution in [0.4, 0.5) is 0 Å². The molecule has 0 saturated carbocycles. The molecule has 0 aliphatic heterocycles. The second-order valence-electron chi connectivity index (χ2n) is 4.79. The number of hydrogen-bond acceptors (Lipinski definition) is 2. The minimum absolute atomic E-state index is 0.485. The van der Waals surface area contributed by atoms with Gasteiger partial charge >= 0.3 is 0 Å². The van der Waals surface area contributed by atoms with Gasteiger partial charge in [-0.25, -0.2) is 0 Å². The number of ether oxygens (including phenoxy) is 1. The van der Waals surface area contributed by atoms with Crippen LogP contribution in [0.1, 0.15) is 52.9 Å². The molecule has 0 saturated heterocycles. The Morgan fingerprint density at radius 1 is 1.13 bits per heavy atom. The molecular weight excluding hydrogens is 186 g/mol. The summed E-state index contributed by atoms with van der Waals surface area (Å²) in [6.45, 7) is 10.0. The Bertz CT molecular complexity index is 138. The van der Waals surface area contributed by atoms with E-state index in [2.05, 4.69) is 26.1 Å². The summed E-state index contributed by atoms with van der Waals surface area (Å²) in [5.74, 6) is 0.